The molecule has 5 nitrogen and oxygen atoms in total. The van der Waals surface area contributed by atoms with E-state index in [1.54, 1.807) is 12.4 Å². The summed E-state index contributed by atoms with van der Waals surface area (Å²) in [5.74, 6) is 0.823. The van der Waals surface area contributed by atoms with Crippen LogP contribution in [0.1, 0.15) is 5.56 Å². The fourth-order valence-corrected chi connectivity index (χ4v) is 2.44. The Labute approximate surface area is 139 Å². The van der Waals surface area contributed by atoms with Gasteiger partial charge < -0.3 is 4.42 Å². The van der Waals surface area contributed by atoms with Crippen LogP contribution in [0.5, 0.6) is 0 Å². The van der Waals surface area contributed by atoms with Gasteiger partial charge in [-0.25, -0.2) is 4.98 Å². The minimum Gasteiger partial charge on any atom is -0.415 e. The molecule has 0 spiro atoms. The zero-order valence-corrected chi connectivity index (χ0v) is 13.0. The van der Waals surface area contributed by atoms with Gasteiger partial charge in [0.05, 0.1) is 18.1 Å². The molecule has 116 valence electrons. The molecule has 0 bridgehead atoms. The fourth-order valence-electron chi connectivity index (χ4n) is 2.44. The average molecular weight is 314 g/mol. The molecule has 24 heavy (non-hydrogen) atoms. The van der Waals surface area contributed by atoms with Crippen molar-refractivity contribution in [2.75, 3.05) is 0 Å². The van der Waals surface area contributed by atoms with Crippen LogP contribution in [0.4, 0.5) is 0 Å². The molecule has 4 aromatic rings. The summed E-state index contributed by atoms with van der Waals surface area (Å²) in [4.78, 5) is 8.86. The molecule has 0 aliphatic heterocycles. The first-order chi connectivity index (χ1) is 11.8. The summed E-state index contributed by atoms with van der Waals surface area (Å²) < 4.78 is 5.75. The molecule has 2 heterocycles. The van der Waals surface area contributed by atoms with Crippen LogP contribution in [0.25, 0.3) is 34.3 Å². The van der Waals surface area contributed by atoms with E-state index >= 15 is 0 Å². The van der Waals surface area contributed by atoms with Gasteiger partial charge in [-0.15, -0.1) is 10.2 Å². The molecule has 0 N–H and O–H groups in total. The van der Waals surface area contributed by atoms with Crippen LogP contribution in [0, 0.1) is 6.92 Å². The van der Waals surface area contributed by atoms with Gasteiger partial charge in [0.15, 0.2) is 0 Å². The van der Waals surface area contributed by atoms with Gasteiger partial charge in [0.2, 0.25) is 5.89 Å². The third kappa shape index (κ3) is 2.79. The first kappa shape index (κ1) is 14.3. The predicted molar refractivity (Wildman–Crippen MR) is 90.9 cm³/mol. The number of nitrogens with zero attached hydrogens (tertiary/aromatic N) is 4. The van der Waals surface area contributed by atoms with Crippen LogP contribution in [-0.2, 0) is 0 Å². The maximum atomic E-state index is 5.75. The Hall–Kier alpha value is -3.34. The van der Waals surface area contributed by atoms with Crippen LogP contribution < -0.4 is 0 Å². The molecule has 0 fully saturated rings. The molecule has 2 aromatic carbocycles. The van der Waals surface area contributed by atoms with E-state index in [1.165, 1.54) is 5.56 Å². The van der Waals surface area contributed by atoms with Crippen molar-refractivity contribution in [1.29, 1.82) is 0 Å². The second-order valence-electron chi connectivity index (χ2n) is 5.44. The minimum absolute atomic E-state index is 0.357. The minimum atomic E-state index is 0.357. The molecule has 5 heteroatoms. The first-order valence-electron chi connectivity index (χ1n) is 7.58. The molecule has 0 radical (unpaired) electrons. The van der Waals surface area contributed by atoms with E-state index in [0.717, 1.165) is 16.8 Å². The van der Waals surface area contributed by atoms with Gasteiger partial charge in [0.1, 0.15) is 5.69 Å². The Morgan fingerprint density at radius 2 is 1.50 bits per heavy atom. The highest BCUT2D eigenvalue weighted by atomic mass is 16.4. The van der Waals surface area contributed by atoms with Crippen molar-refractivity contribution in [3.8, 4) is 34.3 Å². The van der Waals surface area contributed by atoms with Gasteiger partial charge in [-0.05, 0) is 25.1 Å². The van der Waals surface area contributed by atoms with Crippen LogP contribution in [-0.4, -0.2) is 20.2 Å². The number of benzene rings is 2. The Bertz CT molecular complexity index is 979. The lowest BCUT2D eigenvalue weighted by molar-refractivity contribution is 0.582. The Morgan fingerprint density at radius 1 is 0.750 bits per heavy atom. The van der Waals surface area contributed by atoms with Gasteiger partial charge in [-0.3, -0.25) is 4.98 Å². The normalized spacial score (nSPS) is 10.7. The molecular weight excluding hydrogens is 300 g/mol. The number of aromatic nitrogens is 4. The van der Waals surface area contributed by atoms with Gasteiger partial charge in [0, 0.05) is 11.1 Å². The van der Waals surface area contributed by atoms with Gasteiger partial charge in [-0.2, -0.15) is 0 Å². The molecular formula is C19H14N4O. The number of aryl methyl sites for hydroxylation is 1. The molecule has 0 amide bonds. The van der Waals surface area contributed by atoms with E-state index in [-0.39, 0.29) is 0 Å². The lowest BCUT2D eigenvalue weighted by Crippen LogP contribution is -1.90. The van der Waals surface area contributed by atoms with Crippen LogP contribution in [0.3, 0.4) is 0 Å². The van der Waals surface area contributed by atoms with Crippen molar-refractivity contribution >= 4 is 0 Å². The molecule has 0 aliphatic rings. The summed E-state index contributed by atoms with van der Waals surface area (Å²) in [7, 11) is 0. The third-order valence-corrected chi connectivity index (χ3v) is 3.61. The van der Waals surface area contributed by atoms with Crippen molar-refractivity contribution in [2.45, 2.75) is 6.92 Å². The second-order valence-corrected chi connectivity index (χ2v) is 5.44. The first-order valence-corrected chi connectivity index (χ1v) is 7.58. The maximum absolute atomic E-state index is 5.75. The van der Waals surface area contributed by atoms with Crippen LogP contribution >= 0.6 is 0 Å². The lowest BCUT2D eigenvalue weighted by atomic mass is 10.1. The number of rotatable bonds is 3. The number of hydrogen-bond acceptors (Lipinski definition) is 5. The molecule has 4 rings (SSSR count). The maximum Gasteiger partial charge on any atom is 0.268 e. The van der Waals surface area contributed by atoms with Crippen molar-refractivity contribution in [3.05, 3.63) is 72.6 Å². The summed E-state index contributed by atoms with van der Waals surface area (Å²) in [5, 5.41) is 8.19. The highest BCUT2D eigenvalue weighted by Gasteiger charge is 2.13. The molecule has 0 aliphatic carbocycles. The smallest absolute Gasteiger partial charge is 0.268 e. The number of hydrogen-bond donors (Lipinski definition) is 0. The van der Waals surface area contributed by atoms with E-state index < -0.39 is 0 Å². The lowest BCUT2D eigenvalue weighted by Gasteiger charge is -2.02. The van der Waals surface area contributed by atoms with Gasteiger partial charge in [-0.1, -0.05) is 42.0 Å². The second kappa shape index (κ2) is 6.04. The molecule has 0 unspecified atom stereocenters. The molecule has 0 saturated heterocycles. The SMILES string of the molecule is Cc1cccc(-c2cncc(-c3nnc(-c4ccccc4)o3)n2)c1. The summed E-state index contributed by atoms with van der Waals surface area (Å²) in [5.41, 5.74) is 4.38. The monoisotopic (exact) mass is 314 g/mol. The van der Waals surface area contributed by atoms with E-state index in [1.807, 2.05) is 55.5 Å². The quantitative estimate of drug-likeness (QED) is 0.568. The van der Waals surface area contributed by atoms with E-state index in [4.69, 9.17) is 4.42 Å². The molecule has 2 aromatic heterocycles. The van der Waals surface area contributed by atoms with Gasteiger partial charge >= 0.3 is 0 Å². The van der Waals surface area contributed by atoms with Crippen molar-refractivity contribution in [1.82, 2.24) is 20.2 Å². The average Bonchev–Trinajstić information content (AvgIpc) is 3.13. The summed E-state index contributed by atoms with van der Waals surface area (Å²) in [6.45, 7) is 2.05. The zero-order valence-electron chi connectivity index (χ0n) is 13.0. The third-order valence-electron chi connectivity index (χ3n) is 3.61. The van der Waals surface area contributed by atoms with Crippen molar-refractivity contribution < 1.29 is 4.42 Å². The van der Waals surface area contributed by atoms with Gasteiger partial charge in [0.25, 0.3) is 5.89 Å². The molecule has 0 saturated carbocycles. The van der Waals surface area contributed by atoms with Crippen molar-refractivity contribution in [3.63, 3.8) is 0 Å². The summed E-state index contributed by atoms with van der Waals surface area (Å²) >= 11 is 0. The van der Waals surface area contributed by atoms with Crippen LogP contribution in [0.2, 0.25) is 0 Å². The van der Waals surface area contributed by atoms with Crippen molar-refractivity contribution in [2.24, 2.45) is 0 Å². The predicted octanol–water partition coefficient (Wildman–Crippen LogP) is 4.17. The standard InChI is InChI=1S/C19H14N4O/c1-13-6-5-9-15(10-13)16-11-20-12-17(21-16)19-23-22-18(24-19)14-7-3-2-4-8-14/h2-12H,1H3. The molecule has 0 atom stereocenters. The Balaban J connectivity index is 1.71. The van der Waals surface area contributed by atoms with E-state index in [2.05, 4.69) is 26.2 Å². The topological polar surface area (TPSA) is 64.7 Å². The Kier molecular flexibility index (Phi) is 3.59. The summed E-state index contributed by atoms with van der Waals surface area (Å²) in [6, 6.07) is 17.8. The largest absolute Gasteiger partial charge is 0.415 e. The van der Waals surface area contributed by atoms with E-state index in [9.17, 15) is 0 Å². The highest BCUT2D eigenvalue weighted by molar-refractivity contribution is 5.62. The van der Waals surface area contributed by atoms with E-state index in [0.29, 0.717) is 17.5 Å². The summed E-state index contributed by atoms with van der Waals surface area (Å²) in [6.07, 6.45) is 3.36. The highest BCUT2D eigenvalue weighted by Crippen LogP contribution is 2.24. The zero-order chi connectivity index (χ0) is 16.4. The Morgan fingerprint density at radius 3 is 2.33 bits per heavy atom. The van der Waals surface area contributed by atoms with Crippen LogP contribution in [0.15, 0.2) is 71.4 Å². The fraction of sp³-hybridized carbons (Fsp3) is 0.0526.